The van der Waals surface area contributed by atoms with Crippen molar-refractivity contribution >= 4 is 12.6 Å². The van der Waals surface area contributed by atoms with Crippen LogP contribution in [-0.4, -0.2) is 34.2 Å². The molecule has 1 aromatic carbocycles. The van der Waals surface area contributed by atoms with Crippen molar-refractivity contribution in [1.82, 2.24) is 14.7 Å². The van der Waals surface area contributed by atoms with Crippen molar-refractivity contribution in [2.45, 2.75) is 31.3 Å². The fourth-order valence-corrected chi connectivity index (χ4v) is 3.10. The van der Waals surface area contributed by atoms with Gasteiger partial charge in [-0.25, -0.2) is 4.68 Å². The lowest BCUT2D eigenvalue weighted by atomic mass is 9.75. The molecule has 0 radical (unpaired) electrons. The minimum Gasteiger partial charge on any atom is -0.497 e. The van der Waals surface area contributed by atoms with Gasteiger partial charge < -0.3 is 9.64 Å². The Morgan fingerprint density at radius 1 is 1.43 bits per heavy atom. The molecule has 3 rings (SSSR count). The average Bonchev–Trinajstić information content (AvgIpc) is 3.00. The molecule has 0 aliphatic heterocycles. The van der Waals surface area contributed by atoms with Gasteiger partial charge >= 0.3 is 0 Å². The van der Waals surface area contributed by atoms with Gasteiger partial charge in [0.25, 0.3) is 0 Å². The first-order valence-electron chi connectivity index (χ1n) is 7.75. The predicted molar refractivity (Wildman–Crippen MR) is 89.0 cm³/mol. The zero-order valence-electron chi connectivity index (χ0n) is 13.3. The lowest BCUT2D eigenvalue weighted by molar-refractivity contribution is -0.122. The summed E-state index contributed by atoms with van der Waals surface area (Å²) in [6.07, 6.45) is 6.27. The van der Waals surface area contributed by atoms with E-state index in [9.17, 15) is 4.79 Å². The zero-order chi connectivity index (χ0) is 16.2. The lowest BCUT2D eigenvalue weighted by Gasteiger charge is -2.41. The topological polar surface area (TPSA) is 47.4 Å². The Hall–Kier alpha value is -2.56. The number of hydrogen-bond donors (Lipinski definition) is 0. The molecule has 0 saturated heterocycles. The van der Waals surface area contributed by atoms with Gasteiger partial charge in [-0.2, -0.15) is 5.10 Å². The van der Waals surface area contributed by atoms with E-state index < -0.39 is 0 Å². The second kappa shape index (κ2) is 6.69. The molecule has 1 saturated carbocycles. The highest BCUT2D eigenvalue weighted by Gasteiger charge is 2.34. The Labute approximate surface area is 136 Å². The number of carbonyl (C=O) groups is 1. The van der Waals surface area contributed by atoms with E-state index in [1.165, 1.54) is 5.56 Å². The Morgan fingerprint density at radius 3 is 2.96 bits per heavy atom. The number of nitrogens with zero attached hydrogens (tertiary/aromatic N) is 3. The Morgan fingerprint density at radius 2 is 2.26 bits per heavy atom. The molecule has 1 fully saturated rings. The number of hydrogen-bond acceptors (Lipinski definition) is 3. The molecule has 5 nitrogen and oxygen atoms in total. The molecule has 0 N–H and O–H groups in total. The number of ether oxygens (including phenoxy) is 1. The van der Waals surface area contributed by atoms with E-state index in [4.69, 9.17) is 4.74 Å². The van der Waals surface area contributed by atoms with Crippen molar-refractivity contribution < 1.29 is 9.53 Å². The van der Waals surface area contributed by atoms with Crippen LogP contribution in [0.25, 0.3) is 6.20 Å². The number of aromatic nitrogens is 2. The summed E-state index contributed by atoms with van der Waals surface area (Å²) < 4.78 is 6.98. The summed E-state index contributed by atoms with van der Waals surface area (Å²) in [6, 6.07) is 10.4. The molecule has 0 bridgehead atoms. The van der Waals surface area contributed by atoms with Crippen LogP contribution in [0.15, 0.2) is 43.1 Å². The van der Waals surface area contributed by atoms with Gasteiger partial charge in [-0.3, -0.25) is 4.79 Å². The first-order chi connectivity index (χ1) is 11.2. The largest absolute Gasteiger partial charge is 0.497 e. The average molecular weight is 311 g/mol. The van der Waals surface area contributed by atoms with Crippen LogP contribution in [0.2, 0.25) is 0 Å². The van der Waals surface area contributed by atoms with Crippen LogP contribution in [-0.2, 0) is 11.3 Å². The summed E-state index contributed by atoms with van der Waals surface area (Å²) in [5.74, 6) is 1.37. The maximum absolute atomic E-state index is 11.5. The first kappa shape index (κ1) is 15.3. The Kier molecular flexibility index (Phi) is 4.46. The van der Waals surface area contributed by atoms with E-state index in [0.29, 0.717) is 12.5 Å². The third-order valence-corrected chi connectivity index (χ3v) is 4.55. The van der Waals surface area contributed by atoms with Gasteiger partial charge in [0, 0.05) is 18.4 Å². The number of benzene rings is 1. The van der Waals surface area contributed by atoms with Gasteiger partial charge in [0.15, 0.2) is 0 Å². The molecule has 1 heterocycles. The SMILES string of the molecule is C=Cn1nccc1CN(C=O)C1CC(c2cccc(OC)c2)C1. The zero-order valence-corrected chi connectivity index (χ0v) is 13.3. The van der Waals surface area contributed by atoms with Gasteiger partial charge in [0.1, 0.15) is 5.75 Å². The molecule has 0 atom stereocenters. The lowest BCUT2D eigenvalue weighted by Crippen LogP contribution is -2.42. The molecule has 0 spiro atoms. The quantitative estimate of drug-likeness (QED) is 0.739. The first-order valence-corrected chi connectivity index (χ1v) is 7.75. The third-order valence-electron chi connectivity index (χ3n) is 4.55. The van der Waals surface area contributed by atoms with E-state index in [-0.39, 0.29) is 6.04 Å². The molecule has 2 aromatic rings. The molecule has 1 amide bonds. The van der Waals surface area contributed by atoms with Crippen molar-refractivity contribution in [3.63, 3.8) is 0 Å². The van der Waals surface area contributed by atoms with Crippen molar-refractivity contribution in [3.05, 3.63) is 54.4 Å². The van der Waals surface area contributed by atoms with Crippen LogP contribution in [0.4, 0.5) is 0 Å². The van der Waals surface area contributed by atoms with E-state index in [2.05, 4.69) is 23.8 Å². The van der Waals surface area contributed by atoms with Gasteiger partial charge in [0.2, 0.25) is 6.41 Å². The normalized spacial score (nSPS) is 19.7. The molecule has 120 valence electrons. The Bertz CT molecular complexity index is 689. The second-order valence-electron chi connectivity index (χ2n) is 5.83. The standard InChI is InChI=1S/C18H21N3O2/c1-3-21-16(7-8-19-21)12-20(13-22)17-9-15(10-17)14-5-4-6-18(11-14)23-2/h3-8,11,13,15,17H,1,9-10,12H2,2H3. The van der Waals surface area contributed by atoms with E-state index in [1.54, 1.807) is 24.2 Å². The van der Waals surface area contributed by atoms with E-state index >= 15 is 0 Å². The van der Waals surface area contributed by atoms with Crippen LogP contribution < -0.4 is 4.74 Å². The van der Waals surface area contributed by atoms with Gasteiger partial charge in [-0.05, 0) is 42.5 Å². The summed E-state index contributed by atoms with van der Waals surface area (Å²) in [5.41, 5.74) is 2.25. The van der Waals surface area contributed by atoms with Crippen molar-refractivity contribution in [2.24, 2.45) is 0 Å². The second-order valence-corrected chi connectivity index (χ2v) is 5.83. The van der Waals surface area contributed by atoms with Crippen molar-refractivity contribution in [1.29, 1.82) is 0 Å². The maximum Gasteiger partial charge on any atom is 0.210 e. The summed E-state index contributed by atoms with van der Waals surface area (Å²) in [6.45, 7) is 4.29. The number of rotatable bonds is 7. The monoisotopic (exact) mass is 311 g/mol. The molecule has 1 aromatic heterocycles. The molecule has 0 unspecified atom stereocenters. The summed E-state index contributed by atoms with van der Waals surface area (Å²) >= 11 is 0. The number of amides is 1. The Balaban J connectivity index is 1.62. The minimum atomic E-state index is 0.275. The highest BCUT2D eigenvalue weighted by molar-refractivity contribution is 5.49. The van der Waals surface area contributed by atoms with Gasteiger partial charge in [-0.15, -0.1) is 0 Å². The number of carbonyl (C=O) groups excluding carboxylic acids is 1. The van der Waals surface area contributed by atoms with E-state index in [0.717, 1.165) is 30.7 Å². The fraction of sp³-hybridized carbons (Fsp3) is 0.333. The highest BCUT2D eigenvalue weighted by Crippen LogP contribution is 2.40. The van der Waals surface area contributed by atoms with Crippen LogP contribution in [0.3, 0.4) is 0 Å². The summed E-state index contributed by atoms with van der Waals surface area (Å²) in [5, 5.41) is 4.15. The van der Waals surface area contributed by atoms with Crippen molar-refractivity contribution in [3.8, 4) is 5.75 Å². The maximum atomic E-state index is 11.5. The predicted octanol–water partition coefficient (Wildman–Crippen LogP) is 2.90. The van der Waals surface area contributed by atoms with Crippen LogP contribution in [0.1, 0.15) is 30.0 Å². The fourth-order valence-electron chi connectivity index (χ4n) is 3.10. The van der Waals surface area contributed by atoms with Gasteiger partial charge in [0.05, 0.1) is 19.3 Å². The van der Waals surface area contributed by atoms with E-state index in [1.807, 2.05) is 23.1 Å². The summed E-state index contributed by atoms with van der Waals surface area (Å²) in [4.78, 5) is 13.3. The smallest absolute Gasteiger partial charge is 0.210 e. The van der Waals surface area contributed by atoms with Crippen LogP contribution in [0.5, 0.6) is 5.75 Å². The summed E-state index contributed by atoms with van der Waals surface area (Å²) in [7, 11) is 1.68. The number of methoxy groups -OCH3 is 1. The minimum absolute atomic E-state index is 0.275. The molecule has 1 aliphatic carbocycles. The third kappa shape index (κ3) is 3.13. The van der Waals surface area contributed by atoms with Crippen LogP contribution >= 0.6 is 0 Å². The van der Waals surface area contributed by atoms with Gasteiger partial charge in [-0.1, -0.05) is 18.7 Å². The molecule has 5 heteroatoms. The van der Waals surface area contributed by atoms with Crippen molar-refractivity contribution in [2.75, 3.05) is 7.11 Å². The molecular formula is C18H21N3O2. The van der Waals surface area contributed by atoms with Crippen LogP contribution in [0, 0.1) is 0 Å². The molecule has 1 aliphatic rings. The highest BCUT2D eigenvalue weighted by atomic mass is 16.5. The molecule has 23 heavy (non-hydrogen) atoms. The molecular weight excluding hydrogens is 290 g/mol.